The Hall–Kier alpha value is -1.67. The molecule has 76 valence electrons. The van der Waals surface area contributed by atoms with Crippen molar-refractivity contribution >= 4 is 0 Å². The molecule has 3 N–H and O–H groups in total. The van der Waals surface area contributed by atoms with Crippen molar-refractivity contribution in [2.45, 2.75) is 12.3 Å². The molecule has 0 aromatic carbocycles. The van der Waals surface area contributed by atoms with E-state index in [2.05, 4.69) is 0 Å². The standard InChI is InChI=1S/C6H7N3O5/c10-3(2-1-14-2)9-5(12)7-4(11)8-6(9)13/h2-3,10H,1H2,(H2,7,8,11,12,13). The van der Waals surface area contributed by atoms with Crippen LogP contribution in [0.1, 0.15) is 6.23 Å². The highest BCUT2D eigenvalue weighted by Gasteiger charge is 2.34. The van der Waals surface area contributed by atoms with Gasteiger partial charge in [0.15, 0.2) is 6.23 Å². The van der Waals surface area contributed by atoms with Crippen LogP contribution < -0.4 is 17.1 Å². The van der Waals surface area contributed by atoms with Crippen molar-refractivity contribution in [1.82, 2.24) is 14.5 Å². The van der Waals surface area contributed by atoms with Crippen molar-refractivity contribution in [3.63, 3.8) is 0 Å². The summed E-state index contributed by atoms with van der Waals surface area (Å²) in [5.74, 6) is 0. The van der Waals surface area contributed by atoms with E-state index in [1.54, 1.807) is 0 Å². The van der Waals surface area contributed by atoms with Gasteiger partial charge in [0.05, 0.1) is 6.61 Å². The SMILES string of the molecule is O=c1[nH]c(=O)n(C(O)C2CO2)c(=O)[nH]1. The first kappa shape index (κ1) is 8.91. The lowest BCUT2D eigenvalue weighted by atomic mass is 10.4. The molecule has 2 rings (SSSR count). The number of hydrogen-bond acceptors (Lipinski definition) is 5. The minimum Gasteiger partial charge on any atom is -0.370 e. The molecule has 1 aromatic rings. The number of ether oxygens (including phenoxy) is 1. The quantitative estimate of drug-likeness (QED) is 0.443. The maximum absolute atomic E-state index is 11.1. The van der Waals surface area contributed by atoms with Gasteiger partial charge in [-0.25, -0.2) is 19.0 Å². The molecule has 8 heteroatoms. The summed E-state index contributed by atoms with van der Waals surface area (Å²) in [6, 6.07) is 0. The van der Waals surface area contributed by atoms with Gasteiger partial charge in [-0.2, -0.15) is 0 Å². The Morgan fingerprint density at radius 2 is 1.86 bits per heavy atom. The first-order valence-corrected chi connectivity index (χ1v) is 3.84. The normalized spacial score (nSPS) is 21.9. The Balaban J connectivity index is 2.57. The molecule has 1 aromatic heterocycles. The van der Waals surface area contributed by atoms with E-state index >= 15 is 0 Å². The Morgan fingerprint density at radius 1 is 1.36 bits per heavy atom. The van der Waals surface area contributed by atoms with Gasteiger partial charge >= 0.3 is 17.1 Å². The van der Waals surface area contributed by atoms with E-state index in [9.17, 15) is 19.5 Å². The van der Waals surface area contributed by atoms with E-state index < -0.39 is 29.4 Å². The third kappa shape index (κ3) is 1.40. The maximum atomic E-state index is 11.1. The Morgan fingerprint density at radius 3 is 2.29 bits per heavy atom. The second-order valence-electron chi connectivity index (χ2n) is 2.84. The zero-order valence-electron chi connectivity index (χ0n) is 6.89. The topological polar surface area (TPSA) is 120 Å². The van der Waals surface area contributed by atoms with Crippen LogP contribution >= 0.6 is 0 Å². The molecule has 1 fully saturated rings. The molecule has 0 radical (unpaired) electrons. The van der Waals surface area contributed by atoms with E-state index in [4.69, 9.17) is 4.74 Å². The summed E-state index contributed by atoms with van der Waals surface area (Å²) in [7, 11) is 0. The molecule has 1 aliphatic heterocycles. The summed E-state index contributed by atoms with van der Waals surface area (Å²) in [6.45, 7) is 0.284. The number of H-pyrrole nitrogens is 2. The van der Waals surface area contributed by atoms with Crippen LogP contribution in [0.2, 0.25) is 0 Å². The van der Waals surface area contributed by atoms with Gasteiger partial charge in [0, 0.05) is 0 Å². The Bertz CT molecular complexity index is 473. The van der Waals surface area contributed by atoms with E-state index in [-0.39, 0.29) is 6.61 Å². The number of aliphatic hydroxyl groups excluding tert-OH is 1. The van der Waals surface area contributed by atoms with Crippen LogP contribution in [-0.4, -0.2) is 32.4 Å². The molecular weight excluding hydrogens is 194 g/mol. The molecule has 2 heterocycles. The summed E-state index contributed by atoms with van der Waals surface area (Å²) in [4.78, 5) is 36.5. The first-order valence-electron chi connectivity index (χ1n) is 3.84. The average molecular weight is 201 g/mol. The second kappa shape index (κ2) is 2.93. The van der Waals surface area contributed by atoms with Crippen molar-refractivity contribution in [1.29, 1.82) is 0 Å². The molecule has 2 atom stereocenters. The molecule has 0 spiro atoms. The molecule has 0 bridgehead atoms. The lowest BCUT2D eigenvalue weighted by Gasteiger charge is -2.07. The summed E-state index contributed by atoms with van der Waals surface area (Å²) in [5, 5.41) is 9.41. The van der Waals surface area contributed by atoms with Gasteiger partial charge in [-0.15, -0.1) is 0 Å². The molecule has 1 aliphatic rings. The van der Waals surface area contributed by atoms with Gasteiger partial charge in [-0.05, 0) is 0 Å². The third-order valence-electron chi connectivity index (χ3n) is 1.83. The van der Waals surface area contributed by atoms with Crippen LogP contribution in [0.3, 0.4) is 0 Å². The number of aliphatic hydroxyl groups is 1. The average Bonchev–Trinajstić information content (AvgIpc) is 2.83. The van der Waals surface area contributed by atoms with Crippen LogP contribution in [0.15, 0.2) is 14.4 Å². The number of aromatic nitrogens is 3. The number of hydrogen-bond donors (Lipinski definition) is 3. The highest BCUT2D eigenvalue weighted by molar-refractivity contribution is 4.81. The maximum Gasteiger partial charge on any atom is 0.335 e. The van der Waals surface area contributed by atoms with Crippen LogP contribution in [0.25, 0.3) is 0 Å². The zero-order valence-corrected chi connectivity index (χ0v) is 6.89. The van der Waals surface area contributed by atoms with Crippen LogP contribution in [0.4, 0.5) is 0 Å². The highest BCUT2D eigenvalue weighted by Crippen LogP contribution is 2.19. The second-order valence-corrected chi connectivity index (χ2v) is 2.84. The molecule has 8 nitrogen and oxygen atoms in total. The van der Waals surface area contributed by atoms with Gasteiger partial charge in [0.1, 0.15) is 6.10 Å². The zero-order chi connectivity index (χ0) is 10.3. The molecule has 0 aliphatic carbocycles. The lowest BCUT2D eigenvalue weighted by Crippen LogP contribution is -2.46. The third-order valence-corrected chi connectivity index (χ3v) is 1.83. The molecule has 0 amide bonds. The largest absolute Gasteiger partial charge is 0.370 e. The Labute approximate surface area is 75.8 Å². The number of epoxide rings is 1. The molecule has 2 unspecified atom stereocenters. The number of nitrogens with one attached hydrogen (secondary N) is 2. The van der Waals surface area contributed by atoms with Crippen molar-refractivity contribution in [2.75, 3.05) is 6.61 Å². The first-order chi connectivity index (χ1) is 6.59. The lowest BCUT2D eigenvalue weighted by molar-refractivity contribution is 0.0614. The summed E-state index contributed by atoms with van der Waals surface area (Å²) in [5.41, 5.74) is -2.82. The summed E-state index contributed by atoms with van der Waals surface area (Å²) >= 11 is 0. The predicted octanol–water partition coefficient (Wildman–Crippen LogP) is -2.89. The fraction of sp³-hybridized carbons (Fsp3) is 0.500. The van der Waals surface area contributed by atoms with Crippen molar-refractivity contribution < 1.29 is 9.84 Å². The number of aromatic amines is 2. The fourth-order valence-corrected chi connectivity index (χ4v) is 1.07. The van der Waals surface area contributed by atoms with Gasteiger partial charge in [-0.1, -0.05) is 0 Å². The summed E-state index contributed by atoms with van der Waals surface area (Å²) in [6.07, 6.45) is -1.91. The van der Waals surface area contributed by atoms with E-state index in [1.165, 1.54) is 0 Å². The van der Waals surface area contributed by atoms with E-state index in [1.807, 2.05) is 9.97 Å². The van der Waals surface area contributed by atoms with Gasteiger partial charge in [0.25, 0.3) is 0 Å². The van der Waals surface area contributed by atoms with Crippen molar-refractivity contribution in [3.8, 4) is 0 Å². The minimum atomic E-state index is -1.36. The highest BCUT2D eigenvalue weighted by atomic mass is 16.6. The smallest absolute Gasteiger partial charge is 0.335 e. The fourth-order valence-electron chi connectivity index (χ4n) is 1.07. The molecule has 0 saturated carbocycles. The van der Waals surface area contributed by atoms with Crippen LogP contribution in [-0.2, 0) is 4.74 Å². The van der Waals surface area contributed by atoms with E-state index in [0.717, 1.165) is 0 Å². The minimum absolute atomic E-state index is 0.284. The number of nitrogens with zero attached hydrogens (tertiary/aromatic N) is 1. The van der Waals surface area contributed by atoms with Gasteiger partial charge in [0.2, 0.25) is 0 Å². The molecular formula is C6H7N3O5. The monoisotopic (exact) mass is 201 g/mol. The van der Waals surface area contributed by atoms with Gasteiger partial charge < -0.3 is 9.84 Å². The predicted molar refractivity (Wildman–Crippen MR) is 42.9 cm³/mol. The number of rotatable bonds is 2. The van der Waals surface area contributed by atoms with Crippen LogP contribution in [0, 0.1) is 0 Å². The van der Waals surface area contributed by atoms with Gasteiger partial charge in [-0.3, -0.25) is 9.97 Å². The summed E-state index contributed by atoms with van der Waals surface area (Å²) < 4.78 is 5.21. The molecule has 14 heavy (non-hydrogen) atoms. The van der Waals surface area contributed by atoms with E-state index in [0.29, 0.717) is 4.57 Å². The van der Waals surface area contributed by atoms with Crippen molar-refractivity contribution in [3.05, 3.63) is 31.5 Å². The Kier molecular flexibility index (Phi) is 1.86. The van der Waals surface area contributed by atoms with Crippen LogP contribution in [0.5, 0.6) is 0 Å². The molecule has 1 saturated heterocycles. The van der Waals surface area contributed by atoms with Crippen molar-refractivity contribution in [2.24, 2.45) is 0 Å².